The zero-order chi connectivity index (χ0) is 38.3. The van der Waals surface area contributed by atoms with E-state index in [0.717, 1.165) is 67.6 Å². The Hall–Kier alpha value is -7.08. The summed E-state index contributed by atoms with van der Waals surface area (Å²) in [4.78, 5) is 11.3. The molecule has 0 N–H and O–H groups in total. The maximum atomic E-state index is 6.61. The Morgan fingerprint density at radius 1 is 0.569 bits per heavy atom. The SMILES string of the molecule is CC1C/C=C(\c2c(-n3c4ccccc4c4cc5ccccc5cc43)ccc3oc4ccccc4c23)N=C(c2ccccc2)N=C1c1cccc2sc3ccccc3c12. The number of aromatic nitrogens is 1. The summed E-state index contributed by atoms with van der Waals surface area (Å²) in [5, 5.41) is 9.51. The second kappa shape index (κ2) is 13.0. The van der Waals surface area contributed by atoms with Gasteiger partial charge in [0.1, 0.15) is 11.2 Å². The fourth-order valence-electron chi connectivity index (χ4n) is 9.16. The summed E-state index contributed by atoms with van der Waals surface area (Å²) in [7, 11) is 0. The van der Waals surface area contributed by atoms with Crippen molar-refractivity contribution in [2.45, 2.75) is 13.3 Å². The Morgan fingerprint density at radius 2 is 1.29 bits per heavy atom. The molecule has 0 radical (unpaired) electrons. The normalized spacial score (nSPS) is 15.9. The number of amidine groups is 1. The van der Waals surface area contributed by atoms with E-state index in [0.29, 0.717) is 5.84 Å². The summed E-state index contributed by atoms with van der Waals surface area (Å²) < 4.78 is 11.6. The van der Waals surface area contributed by atoms with Crippen molar-refractivity contribution in [3.05, 3.63) is 193 Å². The highest BCUT2D eigenvalue weighted by Gasteiger charge is 2.26. The number of hydrogen-bond acceptors (Lipinski definition) is 4. The largest absolute Gasteiger partial charge is 0.456 e. The van der Waals surface area contributed by atoms with Crippen molar-refractivity contribution in [3.8, 4) is 5.69 Å². The molecular weight excluding hydrogens is 727 g/mol. The second-order valence-electron chi connectivity index (χ2n) is 15.3. The van der Waals surface area contributed by atoms with E-state index in [4.69, 9.17) is 14.4 Å². The lowest BCUT2D eigenvalue weighted by Gasteiger charge is -2.21. The topological polar surface area (TPSA) is 42.8 Å². The molecule has 58 heavy (non-hydrogen) atoms. The average Bonchev–Trinajstić information content (AvgIpc) is 3.94. The van der Waals surface area contributed by atoms with Crippen LogP contribution in [-0.2, 0) is 0 Å². The van der Waals surface area contributed by atoms with Gasteiger partial charge in [-0.25, -0.2) is 9.98 Å². The minimum absolute atomic E-state index is 0.0943. The smallest absolute Gasteiger partial charge is 0.160 e. The number of nitrogens with zero attached hydrogens (tertiary/aromatic N) is 3. The van der Waals surface area contributed by atoms with Gasteiger partial charge in [-0.2, -0.15) is 0 Å². The predicted octanol–water partition coefficient (Wildman–Crippen LogP) is 14.5. The number of rotatable bonds is 4. The number of hydrogen-bond donors (Lipinski definition) is 0. The van der Waals surface area contributed by atoms with Gasteiger partial charge in [0.25, 0.3) is 0 Å². The van der Waals surface area contributed by atoms with Crippen molar-refractivity contribution >= 4 is 103 Å². The molecule has 0 spiro atoms. The molecule has 0 bridgehead atoms. The highest BCUT2D eigenvalue weighted by atomic mass is 32.1. The highest BCUT2D eigenvalue weighted by molar-refractivity contribution is 7.25. The van der Waals surface area contributed by atoms with Crippen LogP contribution in [0.2, 0.25) is 0 Å². The summed E-state index contributed by atoms with van der Waals surface area (Å²) in [6.07, 6.45) is 3.10. The van der Waals surface area contributed by atoms with Crippen LogP contribution in [0.15, 0.2) is 190 Å². The van der Waals surface area contributed by atoms with Gasteiger partial charge in [0.05, 0.1) is 28.1 Å². The van der Waals surface area contributed by atoms with Gasteiger partial charge in [0, 0.05) is 64.3 Å². The van der Waals surface area contributed by atoms with E-state index in [-0.39, 0.29) is 5.92 Å². The van der Waals surface area contributed by atoms with E-state index in [1.807, 2.05) is 17.4 Å². The zero-order valence-electron chi connectivity index (χ0n) is 31.7. The van der Waals surface area contributed by atoms with Crippen molar-refractivity contribution in [3.63, 3.8) is 0 Å². The first kappa shape index (κ1) is 33.1. The van der Waals surface area contributed by atoms with Crippen LogP contribution < -0.4 is 0 Å². The maximum absolute atomic E-state index is 6.61. The van der Waals surface area contributed by atoms with Gasteiger partial charge >= 0.3 is 0 Å². The molecule has 4 heterocycles. The van der Waals surface area contributed by atoms with Crippen LogP contribution in [-0.4, -0.2) is 16.1 Å². The van der Waals surface area contributed by atoms with E-state index in [2.05, 4.69) is 181 Å². The minimum atomic E-state index is 0.0943. The molecule has 0 saturated carbocycles. The fourth-order valence-corrected chi connectivity index (χ4v) is 10.3. The van der Waals surface area contributed by atoms with Crippen LogP contribution in [0, 0.1) is 5.92 Å². The van der Waals surface area contributed by atoms with Crippen LogP contribution in [0.3, 0.4) is 0 Å². The zero-order valence-corrected chi connectivity index (χ0v) is 32.5. The van der Waals surface area contributed by atoms with Crippen molar-refractivity contribution in [1.29, 1.82) is 0 Å². The van der Waals surface area contributed by atoms with Crippen molar-refractivity contribution in [2.75, 3.05) is 0 Å². The molecule has 1 aliphatic rings. The number of benzene rings is 8. The van der Waals surface area contributed by atoms with E-state index in [9.17, 15) is 0 Å². The number of allylic oxidation sites excluding steroid dienone is 1. The van der Waals surface area contributed by atoms with Gasteiger partial charge < -0.3 is 8.98 Å². The van der Waals surface area contributed by atoms with Crippen molar-refractivity contribution in [1.82, 2.24) is 4.57 Å². The van der Waals surface area contributed by atoms with Gasteiger partial charge in [0.2, 0.25) is 0 Å². The second-order valence-corrected chi connectivity index (χ2v) is 16.4. The molecule has 11 aromatic rings. The first-order valence-electron chi connectivity index (χ1n) is 19.9. The first-order chi connectivity index (χ1) is 28.7. The highest BCUT2D eigenvalue weighted by Crippen LogP contribution is 2.44. The van der Waals surface area contributed by atoms with Gasteiger partial charge in [-0.15, -0.1) is 11.3 Å². The van der Waals surface area contributed by atoms with Crippen LogP contribution in [0.4, 0.5) is 0 Å². The third-order valence-corrected chi connectivity index (χ3v) is 13.0. The monoisotopic (exact) mass is 761 g/mol. The number of aliphatic imine (C=N–C) groups is 2. The van der Waals surface area contributed by atoms with Crippen LogP contribution >= 0.6 is 11.3 Å². The predicted molar refractivity (Wildman–Crippen MR) is 246 cm³/mol. The Morgan fingerprint density at radius 3 is 2.17 bits per heavy atom. The fraction of sp³-hybridized carbons (Fsp3) is 0.0566. The number of furan rings is 1. The molecule has 1 unspecified atom stereocenters. The van der Waals surface area contributed by atoms with E-state index in [1.165, 1.54) is 47.3 Å². The van der Waals surface area contributed by atoms with Crippen molar-refractivity contribution in [2.24, 2.45) is 15.9 Å². The van der Waals surface area contributed by atoms with E-state index in [1.54, 1.807) is 0 Å². The molecule has 5 heteroatoms. The van der Waals surface area contributed by atoms with Gasteiger partial charge in [-0.05, 0) is 65.7 Å². The molecule has 1 atom stereocenters. The van der Waals surface area contributed by atoms with Crippen LogP contribution in [0.1, 0.15) is 30.0 Å². The number of para-hydroxylation sites is 2. The molecule has 1 aliphatic heterocycles. The Bertz CT molecular complexity index is 3560. The molecular formula is C53H35N3OS. The molecule has 4 nitrogen and oxygen atoms in total. The minimum Gasteiger partial charge on any atom is -0.456 e. The molecule has 0 saturated heterocycles. The lowest BCUT2D eigenvalue weighted by Crippen LogP contribution is -2.17. The molecule has 0 fully saturated rings. The summed E-state index contributed by atoms with van der Waals surface area (Å²) >= 11 is 1.84. The van der Waals surface area contributed by atoms with Gasteiger partial charge in [-0.1, -0.05) is 134 Å². The first-order valence-corrected chi connectivity index (χ1v) is 20.7. The van der Waals surface area contributed by atoms with E-state index < -0.39 is 0 Å². The van der Waals surface area contributed by atoms with Crippen LogP contribution in [0.5, 0.6) is 0 Å². The third kappa shape index (κ3) is 5.07. The number of fused-ring (bicyclic) bond motifs is 10. The molecule has 0 aliphatic carbocycles. The Balaban J connectivity index is 1.17. The molecule has 12 rings (SSSR count). The third-order valence-electron chi connectivity index (χ3n) is 11.9. The van der Waals surface area contributed by atoms with Crippen molar-refractivity contribution < 1.29 is 4.42 Å². The van der Waals surface area contributed by atoms with E-state index >= 15 is 0 Å². The maximum Gasteiger partial charge on any atom is 0.160 e. The standard InChI is InChI=1S/C53H35N3OS/c1-32-26-27-41(54-53(33-14-3-2-4-15-33)55-52(32)39-21-13-25-48-49(39)38-20-9-12-24-47(38)58-48)51-43(28-29-46-50(51)37-19-8-11-23-45(37)57-46)56-42-22-10-7-18-36(42)40-30-34-16-5-6-17-35(34)31-44(40)56/h2-25,27-32H,26H2,1H3/b41-27+,54-53?,55-52?. The Kier molecular flexibility index (Phi) is 7.41. The molecule has 3 aromatic heterocycles. The number of thiophene rings is 1. The van der Waals surface area contributed by atoms with Crippen LogP contribution in [0.25, 0.3) is 86.1 Å². The summed E-state index contributed by atoms with van der Waals surface area (Å²) in [6.45, 7) is 2.31. The summed E-state index contributed by atoms with van der Waals surface area (Å²) in [5.41, 5.74) is 10.1. The average molecular weight is 762 g/mol. The molecule has 274 valence electrons. The lowest BCUT2D eigenvalue weighted by atomic mass is 9.90. The van der Waals surface area contributed by atoms with Gasteiger partial charge in [0.15, 0.2) is 5.84 Å². The Labute approximate surface area is 338 Å². The molecule has 8 aromatic carbocycles. The summed E-state index contributed by atoms with van der Waals surface area (Å²) in [6, 6.07) is 60.6. The lowest BCUT2D eigenvalue weighted by molar-refractivity contribution is 0.669. The molecule has 0 amide bonds. The quantitative estimate of drug-likeness (QED) is 0.176. The summed E-state index contributed by atoms with van der Waals surface area (Å²) in [5.74, 6) is 0.783. The van der Waals surface area contributed by atoms with Gasteiger partial charge in [-0.3, -0.25) is 0 Å².